The van der Waals surface area contributed by atoms with Crippen LogP contribution in [0.2, 0.25) is 0 Å². The molecule has 2 aromatic rings. The summed E-state index contributed by atoms with van der Waals surface area (Å²) in [5.74, 6) is 0.340. The first-order valence-electron chi connectivity index (χ1n) is 6.47. The number of nitrogens with one attached hydrogen (secondary N) is 1. The molecule has 0 aliphatic heterocycles. The van der Waals surface area contributed by atoms with E-state index in [9.17, 15) is 18.0 Å². The van der Waals surface area contributed by atoms with Gasteiger partial charge < -0.3 is 19.3 Å². The zero-order valence-corrected chi connectivity index (χ0v) is 12.0. The maximum atomic E-state index is 12.0. The zero-order valence-electron chi connectivity index (χ0n) is 12.0. The third-order valence-electron chi connectivity index (χ3n) is 2.50. The van der Waals surface area contributed by atoms with Crippen LogP contribution in [0.4, 0.5) is 18.9 Å². The average molecular weight is 330 g/mol. The van der Waals surface area contributed by atoms with E-state index in [4.69, 9.17) is 9.26 Å². The van der Waals surface area contributed by atoms with Gasteiger partial charge in [-0.3, -0.25) is 4.79 Å². The summed E-state index contributed by atoms with van der Waals surface area (Å²) in [4.78, 5) is 11.7. The smallest absolute Gasteiger partial charge is 0.422 e. The Morgan fingerprint density at radius 2 is 1.96 bits per heavy atom. The minimum absolute atomic E-state index is 0.0506. The molecule has 1 N–H and O–H groups in total. The first-order chi connectivity index (χ1) is 10.8. The molecule has 0 saturated carbocycles. The number of ether oxygens (including phenoxy) is 2. The Kier molecular flexibility index (Phi) is 5.09. The number of nitrogens with zero attached hydrogens (tertiary/aromatic N) is 1. The Bertz CT molecular complexity index is 653. The molecule has 0 unspecified atom stereocenters. The number of carbonyl (C=O) groups excluding carboxylic acids is 1. The van der Waals surface area contributed by atoms with Crippen LogP contribution < -0.4 is 14.8 Å². The third-order valence-corrected chi connectivity index (χ3v) is 2.50. The quantitative estimate of drug-likeness (QED) is 0.881. The molecule has 1 heterocycles. The van der Waals surface area contributed by atoms with Crippen molar-refractivity contribution < 1.29 is 32.0 Å². The van der Waals surface area contributed by atoms with E-state index in [1.165, 1.54) is 30.3 Å². The Labute approximate surface area is 129 Å². The first kappa shape index (κ1) is 16.7. The van der Waals surface area contributed by atoms with E-state index < -0.39 is 18.7 Å². The van der Waals surface area contributed by atoms with Crippen molar-refractivity contribution in [2.45, 2.75) is 13.1 Å². The molecular formula is C14H13F3N2O4. The van der Waals surface area contributed by atoms with Gasteiger partial charge in [-0.1, -0.05) is 0 Å². The molecule has 1 aromatic heterocycles. The molecule has 0 radical (unpaired) electrons. The number of anilines is 1. The number of aromatic nitrogens is 1. The molecule has 0 aliphatic rings. The number of carbonyl (C=O) groups is 1. The van der Waals surface area contributed by atoms with Crippen molar-refractivity contribution in [3.8, 4) is 11.6 Å². The van der Waals surface area contributed by atoms with Gasteiger partial charge in [0.2, 0.25) is 0 Å². The van der Waals surface area contributed by atoms with Crippen LogP contribution in [0.1, 0.15) is 5.76 Å². The van der Waals surface area contributed by atoms with Gasteiger partial charge in [-0.25, -0.2) is 0 Å². The highest BCUT2D eigenvalue weighted by atomic mass is 19.4. The molecule has 0 atom stereocenters. The lowest BCUT2D eigenvalue weighted by Gasteiger charge is -2.10. The van der Waals surface area contributed by atoms with Crippen molar-refractivity contribution >= 4 is 11.6 Å². The number of rotatable bonds is 6. The molecule has 1 amide bonds. The zero-order chi connectivity index (χ0) is 16.9. The summed E-state index contributed by atoms with van der Waals surface area (Å²) in [6.45, 7) is 0.0320. The second-order valence-corrected chi connectivity index (χ2v) is 4.54. The molecule has 0 bridgehead atoms. The van der Waals surface area contributed by atoms with Gasteiger partial charge in [0.1, 0.15) is 11.5 Å². The molecule has 124 valence electrons. The lowest BCUT2D eigenvalue weighted by molar-refractivity contribution is -0.153. The highest BCUT2D eigenvalue weighted by molar-refractivity contribution is 5.91. The number of benzene rings is 1. The van der Waals surface area contributed by atoms with Gasteiger partial charge in [0.05, 0.1) is 0 Å². The lowest BCUT2D eigenvalue weighted by Crippen LogP contribution is -2.20. The fourth-order valence-electron chi connectivity index (χ4n) is 1.55. The molecule has 23 heavy (non-hydrogen) atoms. The van der Waals surface area contributed by atoms with E-state index in [0.29, 0.717) is 11.4 Å². The summed E-state index contributed by atoms with van der Waals surface area (Å²) < 4.78 is 50.5. The molecule has 0 spiro atoms. The van der Waals surface area contributed by atoms with Gasteiger partial charge in [0, 0.05) is 11.8 Å². The standard InChI is InChI=1S/C14H13F3N2O4/c1-9-6-13(19-23-9)21-7-12(20)18-10-2-4-11(5-3-10)22-8-14(15,16)17/h2-6H,7-8H2,1H3,(H,18,20). The largest absolute Gasteiger partial charge is 0.484 e. The van der Waals surface area contributed by atoms with Gasteiger partial charge >= 0.3 is 6.18 Å². The highest BCUT2D eigenvalue weighted by Gasteiger charge is 2.28. The molecule has 0 aliphatic carbocycles. The summed E-state index contributed by atoms with van der Waals surface area (Å²) in [6.07, 6.45) is -4.40. The number of aryl methyl sites for hydroxylation is 1. The van der Waals surface area contributed by atoms with Crippen LogP contribution >= 0.6 is 0 Å². The lowest BCUT2D eigenvalue weighted by atomic mass is 10.3. The van der Waals surface area contributed by atoms with Crippen LogP contribution in [-0.4, -0.2) is 30.5 Å². The van der Waals surface area contributed by atoms with Crippen LogP contribution in [-0.2, 0) is 4.79 Å². The van der Waals surface area contributed by atoms with Crippen molar-refractivity contribution in [3.05, 3.63) is 36.1 Å². The fourth-order valence-corrected chi connectivity index (χ4v) is 1.55. The average Bonchev–Trinajstić information content (AvgIpc) is 2.89. The number of halogens is 3. The Morgan fingerprint density at radius 3 is 2.52 bits per heavy atom. The summed E-state index contributed by atoms with van der Waals surface area (Å²) in [6, 6.07) is 7.01. The van der Waals surface area contributed by atoms with E-state index in [1.54, 1.807) is 6.92 Å². The number of alkyl halides is 3. The van der Waals surface area contributed by atoms with Crippen molar-refractivity contribution in [1.29, 1.82) is 0 Å². The van der Waals surface area contributed by atoms with Crippen molar-refractivity contribution in [1.82, 2.24) is 5.16 Å². The summed E-state index contributed by atoms with van der Waals surface area (Å²) in [5, 5.41) is 6.08. The second kappa shape index (κ2) is 7.03. The first-order valence-corrected chi connectivity index (χ1v) is 6.47. The van der Waals surface area contributed by atoms with Gasteiger partial charge in [0.25, 0.3) is 11.8 Å². The van der Waals surface area contributed by atoms with E-state index >= 15 is 0 Å². The predicted molar refractivity (Wildman–Crippen MR) is 73.4 cm³/mol. The Balaban J connectivity index is 1.79. The van der Waals surface area contributed by atoms with Crippen LogP contribution in [0.25, 0.3) is 0 Å². The SMILES string of the molecule is Cc1cc(OCC(=O)Nc2ccc(OCC(F)(F)F)cc2)no1. The highest BCUT2D eigenvalue weighted by Crippen LogP contribution is 2.20. The van der Waals surface area contributed by atoms with Crippen molar-refractivity contribution in [2.24, 2.45) is 0 Å². The van der Waals surface area contributed by atoms with Gasteiger partial charge in [-0.2, -0.15) is 13.2 Å². The van der Waals surface area contributed by atoms with E-state index in [2.05, 4.69) is 15.2 Å². The summed E-state index contributed by atoms with van der Waals surface area (Å²) in [7, 11) is 0. The van der Waals surface area contributed by atoms with Gasteiger partial charge in [-0.15, -0.1) is 0 Å². The number of hydrogen-bond acceptors (Lipinski definition) is 5. The van der Waals surface area contributed by atoms with Crippen LogP contribution in [0.15, 0.2) is 34.9 Å². The Morgan fingerprint density at radius 1 is 1.26 bits per heavy atom. The molecule has 6 nitrogen and oxygen atoms in total. The van der Waals surface area contributed by atoms with E-state index in [1.807, 2.05) is 0 Å². The summed E-state index contributed by atoms with van der Waals surface area (Å²) in [5.41, 5.74) is 0.397. The van der Waals surface area contributed by atoms with Crippen molar-refractivity contribution in [2.75, 3.05) is 18.5 Å². The minimum Gasteiger partial charge on any atom is -0.484 e. The van der Waals surface area contributed by atoms with Gasteiger partial charge in [0.15, 0.2) is 13.2 Å². The molecule has 1 aromatic carbocycles. The molecule has 9 heteroatoms. The topological polar surface area (TPSA) is 73.6 Å². The van der Waals surface area contributed by atoms with E-state index in [-0.39, 0.29) is 18.2 Å². The Hall–Kier alpha value is -2.71. The molecule has 2 rings (SSSR count). The summed E-state index contributed by atoms with van der Waals surface area (Å²) >= 11 is 0. The van der Waals surface area contributed by atoms with Crippen LogP contribution in [0.5, 0.6) is 11.6 Å². The minimum atomic E-state index is -4.40. The van der Waals surface area contributed by atoms with Gasteiger partial charge in [-0.05, 0) is 36.3 Å². The number of hydrogen-bond donors (Lipinski definition) is 1. The van der Waals surface area contributed by atoms with Crippen molar-refractivity contribution in [3.63, 3.8) is 0 Å². The monoisotopic (exact) mass is 330 g/mol. The predicted octanol–water partition coefficient (Wildman–Crippen LogP) is 2.94. The number of amides is 1. The van der Waals surface area contributed by atoms with Crippen LogP contribution in [0, 0.1) is 6.92 Å². The second-order valence-electron chi connectivity index (χ2n) is 4.54. The van der Waals surface area contributed by atoms with Crippen LogP contribution in [0.3, 0.4) is 0 Å². The molecule has 0 fully saturated rings. The molecular weight excluding hydrogens is 317 g/mol. The van der Waals surface area contributed by atoms with E-state index in [0.717, 1.165) is 0 Å². The normalized spacial score (nSPS) is 11.1. The maximum Gasteiger partial charge on any atom is 0.422 e. The third kappa shape index (κ3) is 5.89. The molecule has 0 saturated heterocycles. The maximum absolute atomic E-state index is 12.0. The fraction of sp³-hybridized carbons (Fsp3) is 0.286.